The predicted molar refractivity (Wildman–Crippen MR) is 62.7 cm³/mol. The number of thiazole rings is 1. The van der Waals surface area contributed by atoms with E-state index in [9.17, 15) is 14.4 Å². The molecule has 9 heteroatoms. The van der Waals surface area contributed by atoms with Crippen LogP contribution in [-0.2, 0) is 16.1 Å². The van der Waals surface area contributed by atoms with E-state index >= 15 is 0 Å². The van der Waals surface area contributed by atoms with Crippen molar-refractivity contribution in [3.8, 4) is 0 Å². The van der Waals surface area contributed by atoms with Crippen molar-refractivity contribution in [2.75, 3.05) is 0 Å². The molecule has 3 amide bonds. The van der Waals surface area contributed by atoms with Crippen molar-refractivity contribution in [2.45, 2.75) is 19.0 Å². The molecule has 98 valence electrons. The Morgan fingerprint density at radius 3 is 2.72 bits per heavy atom. The van der Waals surface area contributed by atoms with E-state index in [2.05, 4.69) is 15.6 Å². The van der Waals surface area contributed by atoms with E-state index in [0.717, 1.165) is 4.88 Å². The molecule has 0 saturated carbocycles. The summed E-state index contributed by atoms with van der Waals surface area (Å²) in [4.78, 5) is 37.4. The van der Waals surface area contributed by atoms with Crippen LogP contribution >= 0.6 is 11.3 Å². The van der Waals surface area contributed by atoms with Gasteiger partial charge in [0.15, 0.2) is 0 Å². The van der Waals surface area contributed by atoms with Crippen LogP contribution in [0.15, 0.2) is 11.7 Å². The molecule has 0 bridgehead atoms. The van der Waals surface area contributed by atoms with E-state index in [1.54, 1.807) is 11.7 Å². The van der Waals surface area contributed by atoms with Crippen LogP contribution in [0.4, 0.5) is 4.79 Å². The second kappa shape index (κ2) is 6.55. The zero-order chi connectivity index (χ0) is 13.5. The average molecular weight is 272 g/mol. The van der Waals surface area contributed by atoms with Gasteiger partial charge in [-0.05, 0) is 0 Å². The Morgan fingerprint density at radius 2 is 2.22 bits per heavy atom. The van der Waals surface area contributed by atoms with Crippen LogP contribution in [0.2, 0.25) is 0 Å². The van der Waals surface area contributed by atoms with Gasteiger partial charge in [0.2, 0.25) is 5.91 Å². The molecular formula is C9H12N4O4S. The lowest BCUT2D eigenvalue weighted by Gasteiger charge is -2.13. The molecule has 0 fully saturated rings. The van der Waals surface area contributed by atoms with Crippen LogP contribution in [0.1, 0.15) is 11.3 Å². The van der Waals surface area contributed by atoms with E-state index in [0.29, 0.717) is 0 Å². The first-order valence-corrected chi connectivity index (χ1v) is 5.80. The highest BCUT2D eigenvalue weighted by molar-refractivity contribution is 7.09. The van der Waals surface area contributed by atoms with Gasteiger partial charge in [-0.3, -0.25) is 9.78 Å². The fourth-order valence-corrected chi connectivity index (χ4v) is 1.64. The summed E-state index contributed by atoms with van der Waals surface area (Å²) >= 11 is 1.36. The minimum absolute atomic E-state index is 0.236. The summed E-state index contributed by atoms with van der Waals surface area (Å²) in [5.41, 5.74) is 6.49. The van der Waals surface area contributed by atoms with Crippen LogP contribution in [0.5, 0.6) is 0 Å². The zero-order valence-corrected chi connectivity index (χ0v) is 10.1. The molecule has 0 spiro atoms. The SMILES string of the molecule is NC(=O)C[C@@H](NC(=O)NCc1cncs1)C(=O)O. The molecule has 1 heterocycles. The van der Waals surface area contributed by atoms with Gasteiger partial charge >= 0.3 is 12.0 Å². The van der Waals surface area contributed by atoms with Crippen LogP contribution in [0.25, 0.3) is 0 Å². The fourth-order valence-electron chi connectivity index (χ4n) is 1.11. The third kappa shape index (κ3) is 4.78. The van der Waals surface area contributed by atoms with Crippen molar-refractivity contribution in [3.63, 3.8) is 0 Å². The van der Waals surface area contributed by atoms with Crippen LogP contribution in [0, 0.1) is 0 Å². The number of amides is 3. The normalized spacial score (nSPS) is 11.6. The Bertz CT molecular complexity index is 434. The minimum atomic E-state index is -1.33. The van der Waals surface area contributed by atoms with Gasteiger partial charge in [-0.1, -0.05) is 0 Å². The van der Waals surface area contributed by atoms with Gasteiger partial charge in [-0.2, -0.15) is 0 Å². The maximum atomic E-state index is 11.4. The number of carboxylic acid groups (broad SMARTS) is 1. The first-order chi connectivity index (χ1) is 8.49. The number of primary amides is 1. The van der Waals surface area contributed by atoms with Crippen molar-refractivity contribution in [3.05, 3.63) is 16.6 Å². The molecule has 18 heavy (non-hydrogen) atoms. The highest BCUT2D eigenvalue weighted by Gasteiger charge is 2.21. The predicted octanol–water partition coefficient (Wildman–Crippen LogP) is -0.729. The molecule has 8 nitrogen and oxygen atoms in total. The Morgan fingerprint density at radius 1 is 1.50 bits per heavy atom. The van der Waals surface area contributed by atoms with Crippen molar-refractivity contribution in [1.82, 2.24) is 15.6 Å². The zero-order valence-electron chi connectivity index (χ0n) is 9.25. The summed E-state index contributed by atoms with van der Waals surface area (Å²) in [5, 5.41) is 13.4. The van der Waals surface area contributed by atoms with E-state index in [-0.39, 0.29) is 6.54 Å². The number of rotatable bonds is 6. The first-order valence-electron chi connectivity index (χ1n) is 4.92. The molecule has 0 aliphatic heterocycles. The van der Waals surface area contributed by atoms with E-state index in [4.69, 9.17) is 10.8 Å². The molecular weight excluding hydrogens is 260 g/mol. The maximum absolute atomic E-state index is 11.4. The number of hydrogen-bond acceptors (Lipinski definition) is 5. The summed E-state index contributed by atoms with van der Waals surface area (Å²) < 4.78 is 0. The third-order valence-electron chi connectivity index (χ3n) is 1.92. The molecule has 0 aliphatic rings. The Labute approximate surface area is 106 Å². The van der Waals surface area contributed by atoms with Crippen molar-refractivity contribution in [1.29, 1.82) is 0 Å². The van der Waals surface area contributed by atoms with Gasteiger partial charge in [0.25, 0.3) is 0 Å². The van der Waals surface area contributed by atoms with Gasteiger partial charge in [0.05, 0.1) is 18.5 Å². The molecule has 0 radical (unpaired) electrons. The lowest BCUT2D eigenvalue weighted by Crippen LogP contribution is -2.47. The smallest absolute Gasteiger partial charge is 0.326 e. The molecule has 1 atom stereocenters. The maximum Gasteiger partial charge on any atom is 0.326 e. The standard InChI is InChI=1S/C9H12N4O4S/c10-7(14)1-6(8(15)16)13-9(17)12-3-5-2-11-4-18-5/h2,4,6H,1,3H2,(H2,10,14)(H,15,16)(H2,12,13,17)/t6-/m1/s1. The van der Waals surface area contributed by atoms with Gasteiger partial charge in [0.1, 0.15) is 6.04 Å². The summed E-state index contributed by atoms with van der Waals surface area (Å²) in [5.74, 6) is -2.12. The molecule has 1 aromatic heterocycles. The van der Waals surface area contributed by atoms with Crippen molar-refractivity contribution in [2.24, 2.45) is 5.73 Å². The number of hydrogen-bond donors (Lipinski definition) is 4. The Balaban J connectivity index is 2.41. The number of aliphatic carboxylic acids is 1. The number of carbonyl (C=O) groups excluding carboxylic acids is 2. The molecule has 0 aromatic carbocycles. The van der Waals surface area contributed by atoms with E-state index in [1.807, 2.05) is 0 Å². The number of carboxylic acids is 1. The molecule has 1 rings (SSSR count). The topological polar surface area (TPSA) is 134 Å². The second-order valence-electron chi connectivity index (χ2n) is 3.36. The largest absolute Gasteiger partial charge is 0.480 e. The summed E-state index contributed by atoms with van der Waals surface area (Å²) in [6.45, 7) is 0.236. The lowest BCUT2D eigenvalue weighted by atomic mass is 10.2. The van der Waals surface area contributed by atoms with Crippen LogP contribution < -0.4 is 16.4 Å². The lowest BCUT2D eigenvalue weighted by molar-refractivity contribution is -0.140. The number of aromatic nitrogens is 1. The van der Waals surface area contributed by atoms with Gasteiger partial charge in [-0.25, -0.2) is 9.59 Å². The summed E-state index contributed by atoms with van der Waals surface area (Å²) in [6, 6.07) is -2.01. The molecule has 5 N–H and O–H groups in total. The van der Waals surface area contributed by atoms with Gasteiger partial charge < -0.3 is 21.5 Å². The van der Waals surface area contributed by atoms with Crippen LogP contribution in [-0.4, -0.2) is 34.0 Å². The summed E-state index contributed by atoms with van der Waals surface area (Å²) in [7, 11) is 0. The number of urea groups is 1. The molecule has 0 aliphatic carbocycles. The molecule has 0 saturated heterocycles. The highest BCUT2D eigenvalue weighted by atomic mass is 32.1. The number of nitrogens with one attached hydrogen (secondary N) is 2. The number of nitrogens with two attached hydrogens (primary N) is 1. The second-order valence-corrected chi connectivity index (χ2v) is 4.33. The first kappa shape index (κ1) is 13.9. The van der Waals surface area contributed by atoms with Gasteiger partial charge in [0, 0.05) is 11.1 Å². The van der Waals surface area contributed by atoms with Crippen molar-refractivity contribution < 1.29 is 19.5 Å². The Hall–Kier alpha value is -2.16. The number of nitrogens with zero attached hydrogens (tertiary/aromatic N) is 1. The average Bonchev–Trinajstić information content (AvgIpc) is 2.77. The summed E-state index contributed by atoms with van der Waals surface area (Å²) in [6.07, 6.45) is 1.13. The Kier molecular flexibility index (Phi) is 5.06. The molecule has 1 aromatic rings. The monoisotopic (exact) mass is 272 g/mol. The number of carbonyl (C=O) groups is 3. The van der Waals surface area contributed by atoms with E-state index in [1.165, 1.54) is 11.3 Å². The quantitative estimate of drug-likeness (QED) is 0.541. The highest BCUT2D eigenvalue weighted by Crippen LogP contribution is 2.03. The minimum Gasteiger partial charge on any atom is -0.480 e. The van der Waals surface area contributed by atoms with E-state index < -0.39 is 30.4 Å². The van der Waals surface area contributed by atoms with Gasteiger partial charge in [-0.15, -0.1) is 11.3 Å². The van der Waals surface area contributed by atoms with Crippen molar-refractivity contribution >= 4 is 29.2 Å². The van der Waals surface area contributed by atoms with Crippen LogP contribution in [0.3, 0.4) is 0 Å². The molecule has 0 unspecified atom stereocenters. The fraction of sp³-hybridized carbons (Fsp3) is 0.333. The third-order valence-corrected chi connectivity index (χ3v) is 2.69.